The molecule has 0 aliphatic heterocycles. The van der Waals surface area contributed by atoms with Gasteiger partial charge in [-0.05, 0) is 35.2 Å². The van der Waals surface area contributed by atoms with E-state index in [-0.39, 0.29) is 6.04 Å². The molecule has 0 radical (unpaired) electrons. The van der Waals surface area contributed by atoms with E-state index in [1.165, 1.54) is 4.31 Å². The van der Waals surface area contributed by atoms with Gasteiger partial charge < -0.3 is 5.73 Å². The fourth-order valence-electron chi connectivity index (χ4n) is 2.29. The van der Waals surface area contributed by atoms with E-state index < -0.39 is 10.0 Å². The molecule has 0 aliphatic carbocycles. The number of fused-ring (bicyclic) bond motifs is 1. The molecule has 0 aromatic heterocycles. The van der Waals surface area contributed by atoms with Crippen LogP contribution in [0.1, 0.15) is 20.3 Å². The maximum absolute atomic E-state index is 12.6. The highest BCUT2D eigenvalue weighted by Gasteiger charge is 2.21. The summed E-state index contributed by atoms with van der Waals surface area (Å²) in [7, 11) is -1.87. The first-order valence-electron chi connectivity index (χ1n) is 7.53. The number of rotatable bonds is 6. The van der Waals surface area contributed by atoms with Crippen molar-refractivity contribution in [3.8, 4) is 0 Å². The summed E-state index contributed by atoms with van der Waals surface area (Å²) in [6, 6.07) is 13.0. The lowest BCUT2D eigenvalue weighted by atomic mass is 10.0. The molecule has 2 N–H and O–H groups in total. The number of hydrogen-bond donors (Lipinski definition) is 1. The molecule has 0 fully saturated rings. The Morgan fingerprint density at radius 2 is 1.73 bits per heavy atom. The Morgan fingerprint density at radius 3 is 2.36 bits per heavy atom. The molecule has 0 amide bonds. The van der Waals surface area contributed by atoms with E-state index >= 15 is 0 Å². The van der Waals surface area contributed by atoms with E-state index in [4.69, 9.17) is 5.73 Å². The first-order valence-corrected chi connectivity index (χ1v) is 8.97. The molecule has 22 heavy (non-hydrogen) atoms. The fraction of sp³-hybridized carbons (Fsp3) is 0.412. The van der Waals surface area contributed by atoms with Gasteiger partial charge in [0.1, 0.15) is 0 Å². The lowest BCUT2D eigenvalue weighted by molar-refractivity contribution is 0.397. The second kappa shape index (κ2) is 6.77. The zero-order valence-electron chi connectivity index (χ0n) is 13.4. The van der Waals surface area contributed by atoms with Gasteiger partial charge in [0.15, 0.2) is 0 Å². The molecule has 0 aliphatic rings. The number of benzene rings is 2. The zero-order valence-corrected chi connectivity index (χ0v) is 14.2. The van der Waals surface area contributed by atoms with E-state index in [2.05, 4.69) is 0 Å². The van der Waals surface area contributed by atoms with Crippen LogP contribution in [-0.2, 0) is 10.0 Å². The summed E-state index contributed by atoms with van der Waals surface area (Å²) in [6.45, 7) is 4.51. The lowest BCUT2D eigenvalue weighted by Crippen LogP contribution is -2.34. The topological polar surface area (TPSA) is 63.4 Å². The van der Waals surface area contributed by atoms with Crippen LogP contribution >= 0.6 is 0 Å². The highest BCUT2D eigenvalue weighted by atomic mass is 32.2. The monoisotopic (exact) mass is 320 g/mol. The third-order valence-electron chi connectivity index (χ3n) is 4.06. The molecule has 0 heterocycles. The summed E-state index contributed by atoms with van der Waals surface area (Å²) >= 11 is 0. The van der Waals surface area contributed by atoms with Crippen molar-refractivity contribution in [2.75, 3.05) is 13.6 Å². The Morgan fingerprint density at radius 1 is 1.09 bits per heavy atom. The molecule has 0 bridgehead atoms. The summed E-state index contributed by atoms with van der Waals surface area (Å²) in [5.41, 5.74) is 6.00. The molecular weight excluding hydrogens is 296 g/mol. The normalized spacial score (nSPS) is 13.9. The SMILES string of the molecule is CC(C)C(N)CCN(C)S(=O)(=O)c1ccc2ccccc2c1. The average Bonchev–Trinajstić information content (AvgIpc) is 2.51. The van der Waals surface area contributed by atoms with Crippen LogP contribution in [0.5, 0.6) is 0 Å². The third kappa shape index (κ3) is 3.66. The lowest BCUT2D eigenvalue weighted by Gasteiger charge is -2.21. The van der Waals surface area contributed by atoms with Gasteiger partial charge in [-0.15, -0.1) is 0 Å². The van der Waals surface area contributed by atoms with Crippen molar-refractivity contribution in [2.45, 2.75) is 31.2 Å². The van der Waals surface area contributed by atoms with Gasteiger partial charge in [-0.1, -0.05) is 44.2 Å². The minimum absolute atomic E-state index is 0.00857. The minimum atomic E-state index is -3.47. The standard InChI is InChI=1S/C17H24N2O2S/c1-13(2)17(18)10-11-19(3)22(20,21)16-9-8-14-6-4-5-7-15(14)12-16/h4-9,12-13,17H,10-11,18H2,1-3H3. The Hall–Kier alpha value is -1.43. The smallest absolute Gasteiger partial charge is 0.242 e. The maximum Gasteiger partial charge on any atom is 0.242 e. The molecule has 1 atom stereocenters. The van der Waals surface area contributed by atoms with Crippen molar-refractivity contribution in [1.82, 2.24) is 4.31 Å². The van der Waals surface area contributed by atoms with Crippen LogP contribution in [0, 0.1) is 5.92 Å². The van der Waals surface area contributed by atoms with Crippen molar-refractivity contribution in [3.05, 3.63) is 42.5 Å². The summed E-state index contributed by atoms with van der Waals surface area (Å²) < 4.78 is 26.7. The van der Waals surface area contributed by atoms with E-state index in [0.29, 0.717) is 23.8 Å². The predicted molar refractivity (Wildman–Crippen MR) is 91.2 cm³/mol. The summed E-state index contributed by atoms with van der Waals surface area (Å²) in [5.74, 6) is 0.344. The largest absolute Gasteiger partial charge is 0.327 e. The van der Waals surface area contributed by atoms with Gasteiger partial charge in [-0.2, -0.15) is 0 Å². The first-order chi connectivity index (χ1) is 10.3. The molecule has 1 unspecified atom stereocenters. The summed E-state index contributed by atoms with van der Waals surface area (Å²) in [6.07, 6.45) is 0.654. The van der Waals surface area contributed by atoms with E-state index in [9.17, 15) is 8.42 Å². The van der Waals surface area contributed by atoms with Gasteiger partial charge in [0.2, 0.25) is 10.0 Å². The minimum Gasteiger partial charge on any atom is -0.327 e. The maximum atomic E-state index is 12.6. The number of nitrogens with two attached hydrogens (primary N) is 1. The van der Waals surface area contributed by atoms with Crippen LogP contribution in [0.25, 0.3) is 10.8 Å². The van der Waals surface area contributed by atoms with Crippen molar-refractivity contribution < 1.29 is 8.42 Å². The van der Waals surface area contributed by atoms with Crippen molar-refractivity contribution in [1.29, 1.82) is 0 Å². The van der Waals surface area contributed by atoms with E-state index in [1.54, 1.807) is 19.2 Å². The second-order valence-electron chi connectivity index (χ2n) is 6.03. The summed E-state index contributed by atoms with van der Waals surface area (Å²) in [4.78, 5) is 0.326. The molecule has 0 saturated heterocycles. The van der Waals surface area contributed by atoms with Crippen LogP contribution in [0.2, 0.25) is 0 Å². The van der Waals surface area contributed by atoms with Crippen molar-refractivity contribution in [3.63, 3.8) is 0 Å². The first kappa shape index (κ1) is 16.9. The molecule has 2 aromatic carbocycles. The van der Waals surface area contributed by atoms with Crippen LogP contribution in [0.3, 0.4) is 0 Å². The van der Waals surface area contributed by atoms with Crippen LogP contribution in [-0.4, -0.2) is 32.4 Å². The van der Waals surface area contributed by atoms with Gasteiger partial charge in [0, 0.05) is 19.6 Å². The highest BCUT2D eigenvalue weighted by Crippen LogP contribution is 2.21. The van der Waals surface area contributed by atoms with Crippen molar-refractivity contribution >= 4 is 20.8 Å². The van der Waals surface area contributed by atoms with Crippen LogP contribution in [0.4, 0.5) is 0 Å². The van der Waals surface area contributed by atoms with Gasteiger partial charge in [0.25, 0.3) is 0 Å². The fourth-order valence-corrected chi connectivity index (χ4v) is 3.51. The molecular formula is C17H24N2O2S. The molecule has 0 saturated carbocycles. The highest BCUT2D eigenvalue weighted by molar-refractivity contribution is 7.89. The quantitative estimate of drug-likeness (QED) is 0.890. The second-order valence-corrected chi connectivity index (χ2v) is 8.08. The van der Waals surface area contributed by atoms with E-state index in [1.807, 2.05) is 44.2 Å². The summed E-state index contributed by atoms with van der Waals surface area (Å²) in [5, 5.41) is 1.96. The van der Waals surface area contributed by atoms with Gasteiger partial charge in [-0.25, -0.2) is 12.7 Å². The van der Waals surface area contributed by atoms with Crippen LogP contribution < -0.4 is 5.73 Å². The predicted octanol–water partition coefficient (Wildman–Crippen LogP) is 2.83. The number of nitrogens with zero attached hydrogens (tertiary/aromatic N) is 1. The average molecular weight is 320 g/mol. The molecule has 2 rings (SSSR count). The van der Waals surface area contributed by atoms with E-state index in [0.717, 1.165) is 10.8 Å². The molecule has 120 valence electrons. The number of sulfonamides is 1. The molecule has 2 aromatic rings. The van der Waals surface area contributed by atoms with Crippen molar-refractivity contribution in [2.24, 2.45) is 11.7 Å². The molecule has 5 heteroatoms. The third-order valence-corrected chi connectivity index (χ3v) is 5.92. The Labute approximate surface area is 133 Å². The van der Waals surface area contributed by atoms with Gasteiger partial charge in [-0.3, -0.25) is 0 Å². The number of hydrogen-bond acceptors (Lipinski definition) is 3. The Balaban J connectivity index is 2.20. The molecule has 0 spiro atoms. The Bertz CT molecular complexity index is 741. The zero-order chi connectivity index (χ0) is 16.3. The molecule has 4 nitrogen and oxygen atoms in total. The Kier molecular flexibility index (Phi) is 5.21. The van der Waals surface area contributed by atoms with Gasteiger partial charge >= 0.3 is 0 Å². The van der Waals surface area contributed by atoms with Crippen LogP contribution in [0.15, 0.2) is 47.4 Å². The van der Waals surface area contributed by atoms with Gasteiger partial charge in [0.05, 0.1) is 4.90 Å².